The maximum atomic E-state index is 5.86. The quantitative estimate of drug-likeness (QED) is 0.914. The molecule has 0 saturated carbocycles. The molecule has 0 bridgehead atoms. The normalized spacial score (nSPS) is 12.0. The summed E-state index contributed by atoms with van der Waals surface area (Å²) in [6.45, 7) is 1.95. The minimum absolute atomic E-state index is 0.00980. The second-order valence-electron chi connectivity index (χ2n) is 4.25. The predicted octanol–water partition coefficient (Wildman–Crippen LogP) is 4.27. The summed E-state index contributed by atoms with van der Waals surface area (Å²) in [5, 5.41) is 0. The van der Waals surface area contributed by atoms with Crippen molar-refractivity contribution in [1.29, 1.82) is 0 Å². The van der Waals surface area contributed by atoms with Gasteiger partial charge in [-0.3, -0.25) is 0 Å². The van der Waals surface area contributed by atoms with Crippen molar-refractivity contribution in [2.75, 3.05) is 7.11 Å². The Morgan fingerprint density at radius 1 is 1.00 bits per heavy atom. The van der Waals surface area contributed by atoms with Crippen LogP contribution in [0.15, 0.2) is 46.9 Å². The highest BCUT2D eigenvalue weighted by Gasteiger charge is 2.06. The van der Waals surface area contributed by atoms with Gasteiger partial charge in [0.2, 0.25) is 0 Å². The summed E-state index contributed by atoms with van der Waals surface area (Å²) in [5.74, 6) is 2.34. The largest absolute Gasteiger partial charge is 0.497 e. The van der Waals surface area contributed by atoms with Gasteiger partial charge in [0.25, 0.3) is 0 Å². The van der Waals surface area contributed by atoms with Crippen molar-refractivity contribution in [1.82, 2.24) is 0 Å². The maximum absolute atomic E-state index is 5.86. The van der Waals surface area contributed by atoms with Crippen molar-refractivity contribution >= 4 is 15.9 Å². The molecule has 0 heterocycles. The van der Waals surface area contributed by atoms with Crippen molar-refractivity contribution in [3.8, 4) is 17.2 Å². The lowest BCUT2D eigenvalue weighted by Crippen LogP contribution is -2.05. The Kier molecular flexibility index (Phi) is 4.45. The number of methoxy groups -OCH3 is 1. The third-order valence-electron chi connectivity index (χ3n) is 2.76. The van der Waals surface area contributed by atoms with Crippen LogP contribution >= 0.6 is 15.9 Å². The fraction of sp³-hybridized carbons (Fsp3) is 0.200. The minimum atomic E-state index is -0.00980. The molecule has 0 aliphatic heterocycles. The van der Waals surface area contributed by atoms with Gasteiger partial charge in [-0.1, -0.05) is 22.0 Å². The fourth-order valence-corrected chi connectivity index (χ4v) is 2.44. The van der Waals surface area contributed by atoms with Gasteiger partial charge in [-0.2, -0.15) is 0 Å². The van der Waals surface area contributed by atoms with Gasteiger partial charge < -0.3 is 15.2 Å². The Bertz CT molecular complexity index is 553. The highest BCUT2D eigenvalue weighted by atomic mass is 79.9. The van der Waals surface area contributed by atoms with Gasteiger partial charge in [0.05, 0.1) is 7.11 Å². The van der Waals surface area contributed by atoms with Gasteiger partial charge in [-0.05, 0) is 48.9 Å². The number of hydrogen-bond donors (Lipinski definition) is 1. The number of hydrogen-bond acceptors (Lipinski definition) is 3. The van der Waals surface area contributed by atoms with Crippen molar-refractivity contribution in [2.45, 2.75) is 13.0 Å². The molecule has 0 spiro atoms. The number of halogens is 1. The first-order valence-electron chi connectivity index (χ1n) is 5.97. The molecular weight excluding hydrogens is 306 g/mol. The van der Waals surface area contributed by atoms with Crippen LogP contribution < -0.4 is 15.2 Å². The molecule has 0 fully saturated rings. The first-order chi connectivity index (χ1) is 9.10. The molecule has 2 rings (SSSR count). The molecule has 0 aliphatic carbocycles. The van der Waals surface area contributed by atoms with Gasteiger partial charge in [0.1, 0.15) is 17.2 Å². The van der Waals surface area contributed by atoms with Gasteiger partial charge in [0.15, 0.2) is 0 Å². The molecule has 1 atom stereocenters. The van der Waals surface area contributed by atoms with Crippen LogP contribution in [0.2, 0.25) is 0 Å². The second-order valence-corrected chi connectivity index (χ2v) is 5.10. The Morgan fingerprint density at radius 2 is 1.58 bits per heavy atom. The van der Waals surface area contributed by atoms with Gasteiger partial charge in [-0.15, -0.1) is 0 Å². The average Bonchev–Trinajstić information content (AvgIpc) is 2.39. The van der Waals surface area contributed by atoms with E-state index in [0.29, 0.717) is 0 Å². The number of benzene rings is 2. The summed E-state index contributed by atoms with van der Waals surface area (Å²) in [6.07, 6.45) is 0. The summed E-state index contributed by atoms with van der Waals surface area (Å²) in [7, 11) is 1.64. The van der Waals surface area contributed by atoms with Crippen LogP contribution in [0.25, 0.3) is 0 Å². The van der Waals surface area contributed by atoms with Crippen LogP contribution in [-0.2, 0) is 0 Å². The molecule has 3 nitrogen and oxygen atoms in total. The molecule has 0 aromatic heterocycles. The summed E-state index contributed by atoms with van der Waals surface area (Å²) in [5.41, 5.74) is 6.92. The first-order valence-corrected chi connectivity index (χ1v) is 6.76. The molecule has 2 aromatic rings. The van der Waals surface area contributed by atoms with E-state index in [1.165, 1.54) is 0 Å². The molecule has 2 N–H and O–H groups in total. The average molecular weight is 322 g/mol. The third kappa shape index (κ3) is 3.49. The fourth-order valence-electron chi connectivity index (χ4n) is 1.72. The van der Waals surface area contributed by atoms with Gasteiger partial charge >= 0.3 is 0 Å². The molecule has 0 saturated heterocycles. The molecule has 100 valence electrons. The van der Waals surface area contributed by atoms with Crippen molar-refractivity contribution in [3.05, 3.63) is 52.5 Å². The number of ether oxygens (including phenoxy) is 2. The molecule has 19 heavy (non-hydrogen) atoms. The summed E-state index contributed by atoms with van der Waals surface area (Å²) in [6, 6.07) is 13.2. The van der Waals surface area contributed by atoms with E-state index < -0.39 is 0 Å². The molecule has 1 unspecified atom stereocenters. The van der Waals surface area contributed by atoms with Crippen molar-refractivity contribution in [3.63, 3.8) is 0 Å². The van der Waals surface area contributed by atoms with E-state index in [0.717, 1.165) is 27.3 Å². The summed E-state index contributed by atoms with van der Waals surface area (Å²) in [4.78, 5) is 0. The monoisotopic (exact) mass is 321 g/mol. The highest BCUT2D eigenvalue weighted by molar-refractivity contribution is 9.10. The Labute approximate surface area is 121 Å². The first kappa shape index (κ1) is 13.9. The van der Waals surface area contributed by atoms with E-state index in [2.05, 4.69) is 15.9 Å². The summed E-state index contributed by atoms with van der Waals surface area (Å²) >= 11 is 3.50. The van der Waals surface area contributed by atoms with Crippen molar-refractivity contribution < 1.29 is 9.47 Å². The zero-order chi connectivity index (χ0) is 13.8. The topological polar surface area (TPSA) is 44.5 Å². The second kappa shape index (κ2) is 6.08. The van der Waals surface area contributed by atoms with E-state index in [-0.39, 0.29) is 6.04 Å². The standard InChI is InChI=1S/C15H16BrNO2/c1-10(17)14-8-7-13(9-15(14)16)19-12-5-3-11(18-2)4-6-12/h3-10H,17H2,1-2H3. The molecule has 0 amide bonds. The molecular formula is C15H16BrNO2. The maximum Gasteiger partial charge on any atom is 0.128 e. The van der Waals surface area contributed by atoms with E-state index in [9.17, 15) is 0 Å². The lowest BCUT2D eigenvalue weighted by atomic mass is 10.1. The van der Waals surface area contributed by atoms with E-state index >= 15 is 0 Å². The lowest BCUT2D eigenvalue weighted by molar-refractivity contribution is 0.413. The summed E-state index contributed by atoms with van der Waals surface area (Å²) < 4.78 is 11.8. The van der Waals surface area contributed by atoms with Crippen LogP contribution in [0.5, 0.6) is 17.2 Å². The van der Waals surface area contributed by atoms with Gasteiger partial charge in [-0.25, -0.2) is 0 Å². The van der Waals surface area contributed by atoms with Crippen LogP contribution in [0, 0.1) is 0 Å². The van der Waals surface area contributed by atoms with Crippen LogP contribution in [0.1, 0.15) is 18.5 Å². The van der Waals surface area contributed by atoms with Gasteiger partial charge in [0, 0.05) is 10.5 Å². The zero-order valence-corrected chi connectivity index (χ0v) is 12.5. The molecule has 4 heteroatoms. The Hall–Kier alpha value is -1.52. The number of rotatable bonds is 4. The van der Waals surface area contributed by atoms with Crippen LogP contribution in [0.4, 0.5) is 0 Å². The molecule has 0 aliphatic rings. The SMILES string of the molecule is COc1ccc(Oc2ccc(C(C)N)c(Br)c2)cc1. The smallest absolute Gasteiger partial charge is 0.128 e. The molecule has 0 radical (unpaired) electrons. The van der Waals surface area contributed by atoms with Crippen molar-refractivity contribution in [2.24, 2.45) is 5.73 Å². The predicted molar refractivity (Wildman–Crippen MR) is 79.8 cm³/mol. The van der Waals surface area contributed by atoms with E-state index in [1.807, 2.05) is 49.4 Å². The van der Waals surface area contributed by atoms with E-state index in [1.54, 1.807) is 7.11 Å². The van der Waals surface area contributed by atoms with Crippen LogP contribution in [-0.4, -0.2) is 7.11 Å². The Morgan fingerprint density at radius 3 is 2.11 bits per heavy atom. The van der Waals surface area contributed by atoms with E-state index in [4.69, 9.17) is 15.2 Å². The van der Waals surface area contributed by atoms with Crippen LogP contribution in [0.3, 0.4) is 0 Å². The third-order valence-corrected chi connectivity index (χ3v) is 3.44. The Balaban J connectivity index is 2.16. The zero-order valence-electron chi connectivity index (χ0n) is 10.9. The minimum Gasteiger partial charge on any atom is -0.497 e. The lowest BCUT2D eigenvalue weighted by Gasteiger charge is -2.11. The highest BCUT2D eigenvalue weighted by Crippen LogP contribution is 2.30. The number of nitrogens with two attached hydrogens (primary N) is 1. The molecule has 2 aromatic carbocycles.